The molecule has 4 aromatic rings. The molecule has 0 aliphatic heterocycles. The average molecular weight is 522 g/mol. The topological polar surface area (TPSA) is 87.5 Å². The summed E-state index contributed by atoms with van der Waals surface area (Å²) in [6, 6.07) is 9.95. The van der Waals surface area contributed by atoms with Crippen molar-refractivity contribution in [3.63, 3.8) is 0 Å². The molecular formula is C26H31N7OS2. The normalized spacial score (nSPS) is 14.3. The lowest BCUT2D eigenvalue weighted by molar-refractivity contribution is 0.0938. The van der Waals surface area contributed by atoms with Gasteiger partial charge in [-0.05, 0) is 74.4 Å². The fourth-order valence-corrected chi connectivity index (χ4v) is 5.57. The largest absolute Gasteiger partial charge is 0.350 e. The Balaban J connectivity index is 1.46. The highest BCUT2D eigenvalue weighted by Gasteiger charge is 2.23. The van der Waals surface area contributed by atoms with Gasteiger partial charge in [0.2, 0.25) is 0 Å². The Morgan fingerprint density at radius 1 is 1.22 bits per heavy atom. The van der Waals surface area contributed by atoms with Gasteiger partial charge in [0.15, 0.2) is 5.65 Å². The molecule has 1 aliphatic carbocycles. The summed E-state index contributed by atoms with van der Waals surface area (Å²) in [5.74, 6) is 0.556. The van der Waals surface area contributed by atoms with E-state index in [1.54, 1.807) is 34.0 Å². The third-order valence-electron chi connectivity index (χ3n) is 6.35. The molecule has 0 radical (unpaired) electrons. The minimum absolute atomic E-state index is 0.110. The van der Waals surface area contributed by atoms with Crippen molar-refractivity contribution in [3.8, 4) is 21.8 Å². The predicted octanol–water partition coefficient (Wildman–Crippen LogP) is 5.20. The number of anilines is 1. The Bertz CT molecular complexity index is 1330. The summed E-state index contributed by atoms with van der Waals surface area (Å²) < 4.78 is 5.11. The molecule has 36 heavy (non-hydrogen) atoms. The Hall–Kier alpha value is -2.95. The van der Waals surface area contributed by atoms with Crippen LogP contribution in [0.2, 0.25) is 0 Å². The Kier molecular flexibility index (Phi) is 7.54. The molecule has 2 N–H and O–H groups in total. The van der Waals surface area contributed by atoms with Crippen LogP contribution in [0.25, 0.3) is 27.5 Å². The molecule has 0 spiro atoms. The molecule has 1 fully saturated rings. The first-order chi connectivity index (χ1) is 17.6. The van der Waals surface area contributed by atoms with Gasteiger partial charge in [0, 0.05) is 29.6 Å². The van der Waals surface area contributed by atoms with Crippen LogP contribution in [0.15, 0.2) is 48.1 Å². The highest BCUT2D eigenvalue weighted by Crippen LogP contribution is 2.35. The van der Waals surface area contributed by atoms with Crippen LogP contribution < -0.4 is 10.0 Å². The molecule has 1 atom stereocenters. The van der Waals surface area contributed by atoms with Crippen LogP contribution in [0.5, 0.6) is 0 Å². The van der Waals surface area contributed by atoms with Gasteiger partial charge >= 0.3 is 0 Å². The molecule has 8 nitrogen and oxygen atoms in total. The number of thiophene rings is 1. The molecular weight excluding hydrogens is 490 g/mol. The van der Waals surface area contributed by atoms with Crippen LogP contribution >= 0.6 is 23.3 Å². The van der Waals surface area contributed by atoms with E-state index in [9.17, 15) is 4.79 Å². The molecule has 1 unspecified atom stereocenters. The quantitative estimate of drug-likeness (QED) is 0.262. The zero-order valence-electron chi connectivity index (χ0n) is 20.8. The van der Waals surface area contributed by atoms with Crippen LogP contribution in [-0.2, 0) is 0 Å². The number of fused-ring (bicyclic) bond motifs is 1. The monoisotopic (exact) mass is 521 g/mol. The number of amides is 1. The number of hydrogen-bond acceptors (Lipinski definition) is 8. The number of nitrogens with one attached hydrogen (secondary N) is 2. The van der Waals surface area contributed by atoms with E-state index >= 15 is 0 Å². The van der Waals surface area contributed by atoms with Crippen LogP contribution in [0.4, 0.5) is 5.82 Å². The zero-order valence-corrected chi connectivity index (χ0v) is 22.4. The van der Waals surface area contributed by atoms with E-state index < -0.39 is 0 Å². The zero-order chi connectivity index (χ0) is 25.1. The summed E-state index contributed by atoms with van der Waals surface area (Å²) in [6.07, 6.45) is 6.09. The van der Waals surface area contributed by atoms with Crippen molar-refractivity contribution >= 4 is 40.7 Å². The van der Waals surface area contributed by atoms with E-state index in [-0.39, 0.29) is 11.9 Å². The number of nitrogens with zero attached hydrogens (tertiary/aromatic N) is 5. The third kappa shape index (κ3) is 5.55. The van der Waals surface area contributed by atoms with E-state index in [1.165, 1.54) is 12.8 Å². The van der Waals surface area contributed by atoms with Crippen molar-refractivity contribution in [3.05, 3.63) is 53.7 Å². The fraction of sp³-hybridized carbons (Fsp3) is 0.385. The van der Waals surface area contributed by atoms with Crippen LogP contribution in [0, 0.1) is 0 Å². The molecule has 1 aliphatic rings. The van der Waals surface area contributed by atoms with E-state index in [1.807, 2.05) is 35.8 Å². The smallest absolute Gasteiger partial charge is 0.251 e. The van der Waals surface area contributed by atoms with Crippen molar-refractivity contribution in [1.29, 1.82) is 0 Å². The van der Waals surface area contributed by atoms with E-state index in [2.05, 4.69) is 46.9 Å². The lowest BCUT2D eigenvalue weighted by Crippen LogP contribution is -2.42. The fourth-order valence-electron chi connectivity index (χ4n) is 4.11. The molecule has 1 saturated carbocycles. The number of carbonyl (C=O) groups excluding carboxylic acids is 1. The van der Waals surface area contributed by atoms with Gasteiger partial charge < -0.3 is 10.0 Å². The minimum atomic E-state index is -0.110. The summed E-state index contributed by atoms with van der Waals surface area (Å²) in [4.78, 5) is 26.4. The van der Waals surface area contributed by atoms with Crippen molar-refractivity contribution in [2.24, 2.45) is 0 Å². The van der Waals surface area contributed by atoms with Crippen molar-refractivity contribution < 1.29 is 4.79 Å². The maximum Gasteiger partial charge on any atom is 0.251 e. The maximum atomic E-state index is 13.2. The van der Waals surface area contributed by atoms with E-state index in [0.29, 0.717) is 34.5 Å². The van der Waals surface area contributed by atoms with Crippen molar-refractivity contribution in [1.82, 2.24) is 29.8 Å². The van der Waals surface area contributed by atoms with Gasteiger partial charge in [-0.3, -0.25) is 9.69 Å². The predicted molar refractivity (Wildman–Crippen MR) is 148 cm³/mol. The number of hydrogen-bond donors (Lipinski definition) is 2. The number of carbonyl (C=O) groups is 1. The molecule has 0 saturated heterocycles. The first-order valence-corrected chi connectivity index (χ1v) is 14.2. The minimum Gasteiger partial charge on any atom is -0.350 e. The average Bonchev–Trinajstić information content (AvgIpc) is 3.37. The standard InChI is InChI=1S/C26H31N7OS2/c1-4-32(5-2)17(3)15-27-26(34)18-13-22(29-24(14-18)31-36-19-8-9-19)20-16-28-33-11-10-21(30-25(20)33)23-7-6-12-35-23/h6-7,10-14,16-17,19H,4-5,8-9,15H2,1-3H3,(H,27,34)(H,29,31). The first kappa shape index (κ1) is 24.7. The summed E-state index contributed by atoms with van der Waals surface area (Å²) in [5, 5.41) is 10.2. The molecule has 4 heterocycles. The molecule has 4 aromatic heterocycles. The molecule has 10 heteroatoms. The number of rotatable bonds is 11. The van der Waals surface area contributed by atoms with Gasteiger partial charge in [-0.15, -0.1) is 11.3 Å². The molecule has 0 bridgehead atoms. The summed E-state index contributed by atoms with van der Waals surface area (Å²) in [7, 11) is 0. The second kappa shape index (κ2) is 11.0. The molecule has 1 amide bonds. The number of pyridine rings is 1. The van der Waals surface area contributed by atoms with Gasteiger partial charge in [-0.25, -0.2) is 14.5 Å². The number of aromatic nitrogens is 4. The van der Waals surface area contributed by atoms with Crippen molar-refractivity contribution in [2.45, 2.75) is 44.9 Å². The highest BCUT2D eigenvalue weighted by molar-refractivity contribution is 8.01. The van der Waals surface area contributed by atoms with Crippen LogP contribution in [0.3, 0.4) is 0 Å². The third-order valence-corrected chi connectivity index (χ3v) is 8.38. The number of likely N-dealkylation sites (N-methyl/N-ethyl adjacent to an activating group) is 1. The highest BCUT2D eigenvalue weighted by atomic mass is 32.2. The van der Waals surface area contributed by atoms with E-state index in [0.717, 1.165) is 29.2 Å². The summed E-state index contributed by atoms with van der Waals surface area (Å²) in [5.41, 5.74) is 3.63. The van der Waals surface area contributed by atoms with Gasteiger partial charge in [-0.2, -0.15) is 5.10 Å². The van der Waals surface area contributed by atoms with Gasteiger partial charge in [0.05, 0.1) is 28.0 Å². The lowest BCUT2D eigenvalue weighted by atomic mass is 10.1. The second-order valence-corrected chi connectivity index (χ2v) is 11.0. The maximum absolute atomic E-state index is 13.2. The second-order valence-electron chi connectivity index (χ2n) is 8.94. The molecule has 5 rings (SSSR count). The summed E-state index contributed by atoms with van der Waals surface area (Å²) >= 11 is 3.32. The van der Waals surface area contributed by atoms with E-state index in [4.69, 9.17) is 9.97 Å². The van der Waals surface area contributed by atoms with Crippen LogP contribution in [-0.4, -0.2) is 61.3 Å². The van der Waals surface area contributed by atoms with Gasteiger partial charge in [0.25, 0.3) is 5.91 Å². The Labute approximate surface area is 219 Å². The van der Waals surface area contributed by atoms with Crippen LogP contribution in [0.1, 0.15) is 44.0 Å². The SMILES string of the molecule is CCN(CC)C(C)CNC(=O)c1cc(NSC2CC2)nc(-c2cnn3ccc(-c4cccs4)nc23)c1. The van der Waals surface area contributed by atoms with Gasteiger partial charge in [-0.1, -0.05) is 19.9 Å². The summed E-state index contributed by atoms with van der Waals surface area (Å²) in [6.45, 7) is 8.91. The Morgan fingerprint density at radius 3 is 2.78 bits per heavy atom. The molecule has 0 aromatic carbocycles. The Morgan fingerprint density at radius 2 is 2.06 bits per heavy atom. The van der Waals surface area contributed by atoms with Gasteiger partial charge in [0.1, 0.15) is 5.82 Å². The first-order valence-electron chi connectivity index (χ1n) is 12.4. The van der Waals surface area contributed by atoms with Crippen molar-refractivity contribution in [2.75, 3.05) is 24.4 Å². The molecule has 188 valence electrons. The lowest BCUT2D eigenvalue weighted by Gasteiger charge is -2.26.